The van der Waals surface area contributed by atoms with Crippen LogP contribution in [0.25, 0.3) is 0 Å². The van der Waals surface area contributed by atoms with Gasteiger partial charge in [-0.3, -0.25) is 4.79 Å². The monoisotopic (exact) mass is 548 g/mol. The highest BCUT2D eigenvalue weighted by molar-refractivity contribution is 5.66. The average molecular weight is 549 g/mol. The smallest absolute Gasteiger partial charge is 0.303 e. The average Bonchev–Trinajstić information content (AvgIpc) is 3.54. The van der Waals surface area contributed by atoms with Gasteiger partial charge in [0.1, 0.15) is 0 Å². The molecule has 0 amide bonds. The van der Waals surface area contributed by atoms with Gasteiger partial charge < -0.3 is 29.2 Å². The number of hydrogen-bond acceptors (Lipinski definition) is 6. The van der Waals surface area contributed by atoms with Crippen molar-refractivity contribution in [1.29, 1.82) is 0 Å². The van der Waals surface area contributed by atoms with Crippen molar-refractivity contribution in [3.05, 3.63) is 24.3 Å². The minimum absolute atomic E-state index is 0.0150. The van der Waals surface area contributed by atoms with Gasteiger partial charge in [0.2, 0.25) is 0 Å². The summed E-state index contributed by atoms with van der Waals surface area (Å²) in [5.41, 5.74) is 0. The Bertz CT molecular complexity index is 770. The van der Waals surface area contributed by atoms with Gasteiger partial charge in [0, 0.05) is 32.0 Å². The largest absolute Gasteiger partial charge is 0.481 e. The predicted octanol–water partition coefficient (Wildman–Crippen LogP) is 6.39. The fourth-order valence-electron chi connectivity index (χ4n) is 6.91. The van der Waals surface area contributed by atoms with Crippen molar-refractivity contribution in [3.63, 3.8) is 0 Å². The summed E-state index contributed by atoms with van der Waals surface area (Å²) in [6, 6.07) is 0. The fraction of sp³-hybridized carbons (Fsp3) is 0.844. The number of rotatable bonds is 14. The van der Waals surface area contributed by atoms with E-state index in [1.807, 2.05) is 0 Å². The van der Waals surface area contributed by atoms with Crippen LogP contribution in [0.5, 0.6) is 0 Å². The van der Waals surface area contributed by atoms with Crippen LogP contribution in [-0.2, 0) is 23.7 Å². The summed E-state index contributed by atoms with van der Waals surface area (Å²) in [5, 5.41) is 20.0. The molecule has 4 aliphatic rings. The number of carbonyl (C=O) groups is 1. The standard InChI is InChI=1S/C32H52O7/c1-2-23-15-16-24(21-23)28(38-31-13-7-9-19-36-31)18-17-26-25(11-5-3-4-6-12-30(34)35)27(33)22-29(26)39-32-14-8-10-20-37-32/h3,5,17-18,23-29,31-33H,2,4,6-16,19-22H2,1H3,(H,34,35)/b5-3-,18-17+/t23?,24?,25-,26-,27+,28-,29-,31?,32?/m1/s1. The van der Waals surface area contributed by atoms with E-state index in [-0.39, 0.29) is 43.0 Å². The van der Waals surface area contributed by atoms with Gasteiger partial charge in [-0.05, 0) is 88.4 Å². The summed E-state index contributed by atoms with van der Waals surface area (Å²) in [5.74, 6) is 0.623. The lowest BCUT2D eigenvalue weighted by Gasteiger charge is -2.31. The maximum atomic E-state index is 11.1. The van der Waals surface area contributed by atoms with Gasteiger partial charge in [0.05, 0.1) is 18.3 Å². The summed E-state index contributed by atoms with van der Waals surface area (Å²) in [6.07, 6.45) is 22.0. The molecule has 0 radical (unpaired) electrons. The summed E-state index contributed by atoms with van der Waals surface area (Å²) in [4.78, 5) is 10.8. The van der Waals surface area contributed by atoms with Gasteiger partial charge in [0.15, 0.2) is 12.6 Å². The Morgan fingerprint density at radius 2 is 1.77 bits per heavy atom. The molecule has 2 N–H and O–H groups in total. The zero-order valence-corrected chi connectivity index (χ0v) is 24.0. The van der Waals surface area contributed by atoms with Crippen molar-refractivity contribution >= 4 is 5.97 Å². The summed E-state index contributed by atoms with van der Waals surface area (Å²) in [6.45, 7) is 3.80. The van der Waals surface area contributed by atoms with Crippen molar-refractivity contribution < 1.29 is 34.0 Å². The number of unbranched alkanes of at least 4 members (excludes halogenated alkanes) is 1. The van der Waals surface area contributed by atoms with Crippen molar-refractivity contribution in [1.82, 2.24) is 0 Å². The van der Waals surface area contributed by atoms with Gasteiger partial charge in [-0.1, -0.05) is 44.1 Å². The zero-order valence-electron chi connectivity index (χ0n) is 24.0. The summed E-state index contributed by atoms with van der Waals surface area (Å²) in [7, 11) is 0. The lowest BCUT2D eigenvalue weighted by atomic mass is 9.88. The van der Waals surface area contributed by atoms with Crippen LogP contribution < -0.4 is 0 Å². The van der Waals surface area contributed by atoms with Crippen molar-refractivity contribution in [2.75, 3.05) is 13.2 Å². The number of carboxylic acid groups (broad SMARTS) is 1. The van der Waals surface area contributed by atoms with E-state index in [1.54, 1.807) is 0 Å². The van der Waals surface area contributed by atoms with E-state index < -0.39 is 12.1 Å². The van der Waals surface area contributed by atoms with Crippen molar-refractivity contribution in [2.45, 2.75) is 134 Å². The third kappa shape index (κ3) is 9.67. The highest BCUT2D eigenvalue weighted by Crippen LogP contribution is 2.41. The second kappa shape index (κ2) is 16.3. The van der Waals surface area contributed by atoms with Gasteiger partial charge in [-0.15, -0.1) is 0 Å². The maximum absolute atomic E-state index is 11.1. The predicted molar refractivity (Wildman–Crippen MR) is 150 cm³/mol. The molecule has 0 aromatic carbocycles. The Labute approximate surface area is 235 Å². The van der Waals surface area contributed by atoms with Gasteiger partial charge >= 0.3 is 5.97 Å². The molecule has 0 aromatic rings. The van der Waals surface area contributed by atoms with Crippen LogP contribution in [0.4, 0.5) is 0 Å². The van der Waals surface area contributed by atoms with Gasteiger partial charge in [-0.25, -0.2) is 0 Å². The number of aliphatic hydroxyl groups is 1. The van der Waals surface area contributed by atoms with Crippen molar-refractivity contribution in [3.8, 4) is 0 Å². The molecule has 4 unspecified atom stereocenters. The molecule has 0 aromatic heterocycles. The molecule has 4 rings (SSSR count). The highest BCUT2D eigenvalue weighted by Gasteiger charge is 2.43. The molecule has 0 spiro atoms. The zero-order chi connectivity index (χ0) is 27.5. The molecule has 2 aliphatic heterocycles. The molecule has 2 saturated heterocycles. The summed E-state index contributed by atoms with van der Waals surface area (Å²) >= 11 is 0. The summed E-state index contributed by atoms with van der Waals surface area (Å²) < 4.78 is 25.0. The van der Waals surface area contributed by atoms with E-state index in [2.05, 4.69) is 31.2 Å². The Hall–Kier alpha value is -1.25. The van der Waals surface area contributed by atoms with Gasteiger partial charge in [-0.2, -0.15) is 0 Å². The second-order valence-electron chi connectivity index (χ2n) is 12.1. The van der Waals surface area contributed by atoms with Crippen LogP contribution in [0.15, 0.2) is 24.3 Å². The molecule has 222 valence electrons. The van der Waals surface area contributed by atoms with Crippen LogP contribution in [0, 0.1) is 23.7 Å². The lowest BCUT2D eigenvalue weighted by molar-refractivity contribution is -0.193. The third-order valence-corrected chi connectivity index (χ3v) is 9.29. The van der Waals surface area contributed by atoms with E-state index >= 15 is 0 Å². The Kier molecular flexibility index (Phi) is 12.8. The van der Waals surface area contributed by atoms with E-state index in [1.165, 1.54) is 25.7 Å². The quantitative estimate of drug-likeness (QED) is 0.192. The fourth-order valence-corrected chi connectivity index (χ4v) is 6.91. The molecular formula is C32H52O7. The Balaban J connectivity index is 1.46. The molecule has 4 fully saturated rings. The number of hydrogen-bond donors (Lipinski definition) is 2. The molecule has 0 bridgehead atoms. The first kappa shape index (κ1) is 30.7. The first-order valence-corrected chi connectivity index (χ1v) is 15.8. The first-order valence-electron chi connectivity index (χ1n) is 15.8. The molecule has 7 nitrogen and oxygen atoms in total. The number of carboxylic acids is 1. The number of aliphatic carboxylic acids is 1. The van der Waals surface area contributed by atoms with Crippen LogP contribution in [0.3, 0.4) is 0 Å². The number of aliphatic hydroxyl groups excluding tert-OH is 1. The molecule has 39 heavy (non-hydrogen) atoms. The minimum atomic E-state index is -0.757. The van der Waals surface area contributed by atoms with Crippen LogP contribution in [0.2, 0.25) is 0 Å². The van der Waals surface area contributed by atoms with E-state index in [0.29, 0.717) is 18.8 Å². The van der Waals surface area contributed by atoms with E-state index in [4.69, 9.17) is 24.1 Å². The third-order valence-electron chi connectivity index (χ3n) is 9.29. The number of ether oxygens (including phenoxy) is 4. The van der Waals surface area contributed by atoms with Crippen LogP contribution in [0.1, 0.15) is 103 Å². The highest BCUT2D eigenvalue weighted by atomic mass is 16.7. The molecule has 9 atom stereocenters. The normalized spacial score (nSPS) is 36.7. The van der Waals surface area contributed by atoms with Crippen molar-refractivity contribution in [2.24, 2.45) is 23.7 Å². The Morgan fingerprint density at radius 3 is 2.44 bits per heavy atom. The molecular weight excluding hydrogens is 496 g/mol. The second-order valence-corrected chi connectivity index (χ2v) is 12.1. The molecule has 2 heterocycles. The molecule has 7 heteroatoms. The topological polar surface area (TPSA) is 94.5 Å². The lowest BCUT2D eigenvalue weighted by Crippen LogP contribution is -2.32. The van der Waals surface area contributed by atoms with Crippen LogP contribution in [-0.4, -0.2) is 60.3 Å². The van der Waals surface area contributed by atoms with E-state index in [9.17, 15) is 9.90 Å². The van der Waals surface area contributed by atoms with Crippen LogP contribution >= 0.6 is 0 Å². The SMILES string of the molecule is CCC1CCC([C@@H](/C=C/[C@@H]2[C@@H](C/C=C\CCCC(=O)O)[C@@H](O)C[C@H]2OC2CCCCO2)OC2CCCCO2)C1. The molecule has 2 saturated carbocycles. The Morgan fingerprint density at radius 1 is 1.00 bits per heavy atom. The maximum Gasteiger partial charge on any atom is 0.303 e. The van der Waals surface area contributed by atoms with E-state index in [0.717, 1.165) is 70.5 Å². The minimum Gasteiger partial charge on any atom is -0.481 e. The number of allylic oxidation sites excluding steroid dienone is 2. The van der Waals surface area contributed by atoms with Gasteiger partial charge in [0.25, 0.3) is 0 Å². The first-order chi connectivity index (χ1) is 19.0. The molecule has 2 aliphatic carbocycles.